The summed E-state index contributed by atoms with van der Waals surface area (Å²) in [5.74, 6) is 0.478. The molecule has 0 saturated heterocycles. The molecule has 2 heterocycles. The van der Waals surface area contributed by atoms with E-state index in [0.29, 0.717) is 35.5 Å². The van der Waals surface area contributed by atoms with Gasteiger partial charge >= 0.3 is 0 Å². The number of para-hydroxylation sites is 2. The van der Waals surface area contributed by atoms with Gasteiger partial charge in [0.05, 0.1) is 21.5 Å². The Hall–Kier alpha value is -4.01. The quantitative estimate of drug-likeness (QED) is 0.339. The molecule has 5 aromatic rings. The second-order valence-electron chi connectivity index (χ2n) is 8.34. The molecular formula is C28H26N4O3S. The highest BCUT2D eigenvalue weighted by Crippen LogP contribution is 2.26. The summed E-state index contributed by atoms with van der Waals surface area (Å²) in [5.41, 5.74) is 2.79. The summed E-state index contributed by atoms with van der Waals surface area (Å²) < 4.78 is 29.2. The zero-order valence-electron chi connectivity index (χ0n) is 20.0. The zero-order chi connectivity index (χ0) is 25.3. The van der Waals surface area contributed by atoms with Crippen LogP contribution in [-0.4, -0.2) is 40.3 Å². The minimum absolute atomic E-state index is 0.155. The van der Waals surface area contributed by atoms with Crippen molar-refractivity contribution in [2.75, 3.05) is 13.1 Å². The molecule has 2 aromatic heterocycles. The van der Waals surface area contributed by atoms with Crippen LogP contribution in [0, 0.1) is 0 Å². The van der Waals surface area contributed by atoms with Crippen molar-refractivity contribution in [2.45, 2.75) is 18.7 Å². The van der Waals surface area contributed by atoms with Gasteiger partial charge in [0.25, 0.3) is 5.56 Å². The van der Waals surface area contributed by atoms with Gasteiger partial charge in [-0.3, -0.25) is 9.36 Å². The predicted molar refractivity (Wildman–Crippen MR) is 145 cm³/mol. The van der Waals surface area contributed by atoms with E-state index in [1.54, 1.807) is 34.9 Å². The Kier molecular flexibility index (Phi) is 6.30. The largest absolute Gasteiger partial charge is 0.361 e. The highest BCUT2D eigenvalue weighted by atomic mass is 32.2. The molecule has 0 amide bonds. The van der Waals surface area contributed by atoms with E-state index < -0.39 is 10.0 Å². The zero-order valence-corrected chi connectivity index (χ0v) is 20.9. The van der Waals surface area contributed by atoms with Crippen LogP contribution in [0.15, 0.2) is 88.7 Å². The molecule has 3 aromatic carbocycles. The summed E-state index contributed by atoms with van der Waals surface area (Å²) >= 11 is 0. The average Bonchev–Trinajstić information content (AvgIpc) is 3.31. The van der Waals surface area contributed by atoms with Gasteiger partial charge < -0.3 is 4.98 Å². The molecule has 0 bridgehead atoms. The van der Waals surface area contributed by atoms with Crippen molar-refractivity contribution >= 4 is 44.0 Å². The van der Waals surface area contributed by atoms with Crippen LogP contribution in [0.4, 0.5) is 0 Å². The summed E-state index contributed by atoms with van der Waals surface area (Å²) in [4.78, 5) is 21.6. The number of aromatic nitrogens is 3. The van der Waals surface area contributed by atoms with Crippen molar-refractivity contribution in [3.05, 3.63) is 101 Å². The van der Waals surface area contributed by atoms with Gasteiger partial charge in [-0.2, -0.15) is 4.31 Å². The Labute approximate surface area is 209 Å². The van der Waals surface area contributed by atoms with Gasteiger partial charge in [0.15, 0.2) is 0 Å². The molecule has 0 aliphatic heterocycles. The first-order valence-corrected chi connectivity index (χ1v) is 13.2. The fraction of sp³-hybridized carbons (Fsp3) is 0.143. The molecule has 0 saturated carbocycles. The standard InChI is InChI=1S/C28H26N4O3S/c1-3-31(4-2)36(34,35)22-15-16-25-24(18-22)20(19-29-25)14-17-27-30-26-13-9-8-12-23(26)28(33)32(27)21-10-6-5-7-11-21/h5-19,29H,3-4H2,1-2H3/b17-14+. The van der Waals surface area contributed by atoms with E-state index in [1.165, 1.54) is 4.31 Å². The summed E-state index contributed by atoms with van der Waals surface area (Å²) in [7, 11) is -3.59. The molecule has 5 rings (SSSR count). The number of rotatable bonds is 7. The van der Waals surface area contributed by atoms with Crippen LogP contribution in [0.3, 0.4) is 0 Å². The molecule has 1 N–H and O–H groups in total. The summed E-state index contributed by atoms with van der Waals surface area (Å²) in [5, 5.41) is 1.31. The van der Waals surface area contributed by atoms with Gasteiger partial charge in [0.1, 0.15) is 5.82 Å². The fourth-order valence-electron chi connectivity index (χ4n) is 4.38. The van der Waals surface area contributed by atoms with Crippen LogP contribution in [0.1, 0.15) is 25.2 Å². The maximum atomic E-state index is 13.4. The topological polar surface area (TPSA) is 88.1 Å². The monoisotopic (exact) mass is 498 g/mol. The fourth-order valence-corrected chi connectivity index (χ4v) is 5.87. The molecule has 8 heteroatoms. The molecule has 0 spiro atoms. The third kappa shape index (κ3) is 4.14. The molecular weight excluding hydrogens is 472 g/mol. The normalized spacial score (nSPS) is 12.3. The summed E-state index contributed by atoms with van der Waals surface area (Å²) in [6, 6.07) is 21.7. The lowest BCUT2D eigenvalue weighted by atomic mass is 10.1. The molecule has 182 valence electrons. The van der Waals surface area contributed by atoms with E-state index >= 15 is 0 Å². The summed E-state index contributed by atoms with van der Waals surface area (Å²) in [6.45, 7) is 4.46. The maximum absolute atomic E-state index is 13.4. The molecule has 0 atom stereocenters. The highest BCUT2D eigenvalue weighted by Gasteiger charge is 2.22. The van der Waals surface area contributed by atoms with Gasteiger partial charge in [0, 0.05) is 30.2 Å². The van der Waals surface area contributed by atoms with Crippen molar-refractivity contribution in [1.29, 1.82) is 0 Å². The lowest BCUT2D eigenvalue weighted by Gasteiger charge is -2.18. The minimum Gasteiger partial charge on any atom is -0.361 e. The van der Waals surface area contributed by atoms with Gasteiger partial charge in [-0.25, -0.2) is 13.4 Å². The van der Waals surface area contributed by atoms with Crippen LogP contribution >= 0.6 is 0 Å². The van der Waals surface area contributed by atoms with E-state index in [-0.39, 0.29) is 10.5 Å². The van der Waals surface area contributed by atoms with Crippen LogP contribution < -0.4 is 5.56 Å². The molecule has 0 radical (unpaired) electrons. The number of fused-ring (bicyclic) bond motifs is 2. The van der Waals surface area contributed by atoms with E-state index in [2.05, 4.69) is 4.98 Å². The molecule has 0 aliphatic rings. The number of nitrogens with one attached hydrogen (secondary N) is 1. The summed E-state index contributed by atoms with van der Waals surface area (Å²) in [6.07, 6.45) is 5.46. The first-order chi connectivity index (χ1) is 17.4. The lowest BCUT2D eigenvalue weighted by molar-refractivity contribution is 0.445. The second-order valence-corrected chi connectivity index (χ2v) is 10.3. The van der Waals surface area contributed by atoms with Crippen molar-refractivity contribution in [2.24, 2.45) is 0 Å². The Morgan fingerprint density at radius 2 is 1.64 bits per heavy atom. The average molecular weight is 499 g/mol. The highest BCUT2D eigenvalue weighted by molar-refractivity contribution is 7.89. The van der Waals surface area contributed by atoms with E-state index in [1.807, 2.05) is 74.7 Å². The van der Waals surface area contributed by atoms with Crippen LogP contribution in [0.2, 0.25) is 0 Å². The number of H-pyrrole nitrogens is 1. The van der Waals surface area contributed by atoms with Gasteiger partial charge in [-0.1, -0.05) is 44.2 Å². The third-order valence-corrected chi connectivity index (χ3v) is 8.30. The van der Waals surface area contributed by atoms with Crippen LogP contribution in [0.5, 0.6) is 0 Å². The Bertz CT molecular complexity index is 1750. The number of nitrogens with zero attached hydrogens (tertiary/aromatic N) is 3. The number of benzene rings is 3. The van der Waals surface area contributed by atoms with E-state index in [0.717, 1.165) is 16.5 Å². The predicted octanol–water partition coefficient (Wildman–Crippen LogP) is 5.07. The Morgan fingerprint density at radius 1 is 0.917 bits per heavy atom. The number of sulfonamides is 1. The smallest absolute Gasteiger partial charge is 0.266 e. The van der Waals surface area contributed by atoms with Crippen molar-refractivity contribution < 1.29 is 8.42 Å². The first kappa shape index (κ1) is 23.7. The molecule has 0 aliphatic carbocycles. The SMILES string of the molecule is CCN(CC)S(=O)(=O)c1ccc2[nH]cc(/C=C/c3nc4ccccc4c(=O)n3-c3ccccc3)c2c1. The number of aromatic amines is 1. The number of hydrogen-bond acceptors (Lipinski definition) is 4. The Morgan fingerprint density at radius 3 is 2.39 bits per heavy atom. The molecule has 36 heavy (non-hydrogen) atoms. The number of hydrogen-bond donors (Lipinski definition) is 1. The van der Waals surface area contributed by atoms with Crippen molar-refractivity contribution in [3.8, 4) is 5.69 Å². The van der Waals surface area contributed by atoms with E-state index in [9.17, 15) is 13.2 Å². The van der Waals surface area contributed by atoms with E-state index in [4.69, 9.17) is 4.98 Å². The van der Waals surface area contributed by atoms with Crippen LogP contribution in [0.25, 0.3) is 39.6 Å². The van der Waals surface area contributed by atoms with Gasteiger partial charge in [0.2, 0.25) is 10.0 Å². The molecule has 0 fully saturated rings. The molecule has 7 nitrogen and oxygen atoms in total. The van der Waals surface area contributed by atoms with Gasteiger partial charge in [-0.05, 0) is 60.2 Å². The maximum Gasteiger partial charge on any atom is 0.266 e. The first-order valence-electron chi connectivity index (χ1n) is 11.8. The second kappa shape index (κ2) is 9.56. The van der Waals surface area contributed by atoms with Crippen LogP contribution in [-0.2, 0) is 10.0 Å². The van der Waals surface area contributed by atoms with Gasteiger partial charge in [-0.15, -0.1) is 0 Å². The minimum atomic E-state index is -3.59. The van der Waals surface area contributed by atoms with Crippen molar-refractivity contribution in [3.63, 3.8) is 0 Å². The Balaban J connectivity index is 1.64. The third-order valence-electron chi connectivity index (χ3n) is 6.26. The lowest BCUT2D eigenvalue weighted by Crippen LogP contribution is -2.30. The molecule has 0 unspecified atom stereocenters. The van der Waals surface area contributed by atoms with Crippen molar-refractivity contribution in [1.82, 2.24) is 18.8 Å².